The number of nitrogens with zero attached hydrogens (tertiary/aromatic N) is 1. The van der Waals surface area contributed by atoms with E-state index in [9.17, 15) is 17.6 Å². The first-order valence-corrected chi connectivity index (χ1v) is 7.04. The van der Waals surface area contributed by atoms with Gasteiger partial charge in [0.1, 0.15) is 10.7 Å². The van der Waals surface area contributed by atoms with E-state index in [4.69, 9.17) is 10.8 Å². The van der Waals surface area contributed by atoms with Crippen molar-refractivity contribution in [2.75, 3.05) is 10.5 Å². The Kier molecular flexibility index (Phi) is 3.76. The Balaban J connectivity index is 2.35. The summed E-state index contributed by atoms with van der Waals surface area (Å²) in [5.41, 5.74) is 5.44. The summed E-state index contributed by atoms with van der Waals surface area (Å²) >= 11 is 0. The van der Waals surface area contributed by atoms with E-state index in [-0.39, 0.29) is 21.8 Å². The molecule has 9 heteroatoms. The number of hydrogen-bond donors (Lipinski definition) is 3. The van der Waals surface area contributed by atoms with Gasteiger partial charge in [0.25, 0.3) is 10.0 Å². The number of nitrogens with one attached hydrogen (secondary N) is 1. The fourth-order valence-electron chi connectivity index (χ4n) is 1.53. The number of pyridine rings is 1. The highest BCUT2D eigenvalue weighted by atomic mass is 32.2. The Hall–Kier alpha value is -2.68. The number of rotatable bonds is 4. The van der Waals surface area contributed by atoms with E-state index in [0.29, 0.717) is 0 Å². The van der Waals surface area contributed by atoms with Crippen molar-refractivity contribution in [3.05, 3.63) is 48.0 Å². The number of benzene rings is 1. The molecule has 0 aliphatic carbocycles. The van der Waals surface area contributed by atoms with Gasteiger partial charge in [0.2, 0.25) is 0 Å². The van der Waals surface area contributed by atoms with E-state index in [2.05, 4.69) is 9.71 Å². The summed E-state index contributed by atoms with van der Waals surface area (Å²) in [6.07, 6.45) is 1.85. The predicted molar refractivity (Wildman–Crippen MR) is 72.8 cm³/mol. The number of carbonyl (C=O) groups is 1. The van der Waals surface area contributed by atoms with E-state index >= 15 is 0 Å². The van der Waals surface area contributed by atoms with Gasteiger partial charge in [0, 0.05) is 6.20 Å². The van der Waals surface area contributed by atoms with E-state index in [1.54, 1.807) is 0 Å². The van der Waals surface area contributed by atoms with Crippen LogP contribution in [0.1, 0.15) is 10.4 Å². The largest absolute Gasteiger partial charge is 0.478 e. The van der Waals surface area contributed by atoms with Gasteiger partial charge in [-0.3, -0.25) is 9.71 Å². The number of hydrogen-bond acceptors (Lipinski definition) is 5. The van der Waals surface area contributed by atoms with Crippen LogP contribution in [0.2, 0.25) is 0 Å². The average molecular weight is 311 g/mol. The molecule has 0 atom stereocenters. The van der Waals surface area contributed by atoms with E-state index in [1.807, 2.05) is 0 Å². The number of nitrogens with two attached hydrogens (primary N) is 1. The normalized spacial score (nSPS) is 11.1. The van der Waals surface area contributed by atoms with Crippen LogP contribution in [0.5, 0.6) is 0 Å². The first kappa shape index (κ1) is 14.7. The molecule has 0 unspecified atom stereocenters. The summed E-state index contributed by atoms with van der Waals surface area (Å²) in [5, 5.41) is 8.80. The molecule has 110 valence electrons. The number of sulfonamides is 1. The smallest absolute Gasteiger partial charge is 0.335 e. The Morgan fingerprint density at radius 1 is 1.29 bits per heavy atom. The highest BCUT2D eigenvalue weighted by Gasteiger charge is 2.17. The molecule has 2 aromatic rings. The third-order valence-electron chi connectivity index (χ3n) is 2.53. The Bertz CT molecular complexity index is 808. The molecule has 7 nitrogen and oxygen atoms in total. The number of nitrogen functional groups attached to an aromatic ring is 1. The van der Waals surface area contributed by atoms with E-state index < -0.39 is 21.8 Å². The van der Waals surface area contributed by atoms with Gasteiger partial charge in [0.15, 0.2) is 0 Å². The molecule has 0 saturated carbocycles. The van der Waals surface area contributed by atoms with Crippen LogP contribution >= 0.6 is 0 Å². The first-order chi connectivity index (χ1) is 9.79. The molecule has 0 radical (unpaired) electrons. The minimum Gasteiger partial charge on any atom is -0.478 e. The second kappa shape index (κ2) is 5.37. The highest BCUT2D eigenvalue weighted by Crippen LogP contribution is 2.23. The standard InChI is InChI=1S/C12H10FN3O4S/c13-8-4-9(6-15-5-8)21(19,20)16-11-2-1-7(12(17)18)3-10(11)14/h1-6,16H,14H2,(H,17,18). The lowest BCUT2D eigenvalue weighted by Gasteiger charge is -2.10. The maximum atomic E-state index is 13.0. The van der Waals surface area contributed by atoms with Crippen LogP contribution in [0, 0.1) is 5.82 Å². The molecular formula is C12H10FN3O4S. The van der Waals surface area contributed by atoms with Crippen LogP contribution in [-0.4, -0.2) is 24.5 Å². The summed E-state index contributed by atoms with van der Waals surface area (Å²) in [6.45, 7) is 0. The summed E-state index contributed by atoms with van der Waals surface area (Å²) in [5.74, 6) is -1.99. The van der Waals surface area contributed by atoms with Gasteiger partial charge in [0.05, 0.1) is 23.1 Å². The molecule has 0 aliphatic rings. The average Bonchev–Trinajstić information content (AvgIpc) is 2.40. The van der Waals surface area contributed by atoms with Crippen LogP contribution in [0.15, 0.2) is 41.6 Å². The van der Waals surface area contributed by atoms with E-state index in [0.717, 1.165) is 24.5 Å². The number of aromatic nitrogens is 1. The Morgan fingerprint density at radius 2 is 2.00 bits per heavy atom. The lowest BCUT2D eigenvalue weighted by atomic mass is 10.2. The van der Waals surface area contributed by atoms with Crippen molar-refractivity contribution in [1.29, 1.82) is 0 Å². The molecule has 0 bridgehead atoms. The predicted octanol–water partition coefficient (Wildman–Crippen LogP) is 1.30. The molecule has 0 saturated heterocycles. The summed E-state index contributed by atoms with van der Waals surface area (Å²) in [7, 11) is -4.07. The molecule has 0 spiro atoms. The molecule has 2 rings (SSSR count). The SMILES string of the molecule is Nc1cc(C(=O)O)ccc1NS(=O)(=O)c1cncc(F)c1. The van der Waals surface area contributed by atoms with Gasteiger partial charge >= 0.3 is 5.97 Å². The Morgan fingerprint density at radius 3 is 2.57 bits per heavy atom. The molecular weight excluding hydrogens is 301 g/mol. The van der Waals surface area contributed by atoms with Gasteiger partial charge in [-0.2, -0.15) is 0 Å². The minimum absolute atomic E-state index is 0.00994. The summed E-state index contributed by atoms with van der Waals surface area (Å²) < 4.78 is 39.2. The fourth-order valence-corrected chi connectivity index (χ4v) is 2.59. The van der Waals surface area contributed by atoms with Crippen LogP contribution in [0.4, 0.5) is 15.8 Å². The monoisotopic (exact) mass is 311 g/mol. The van der Waals surface area contributed by atoms with Crippen molar-refractivity contribution < 1.29 is 22.7 Å². The Labute approximate surface area is 119 Å². The molecule has 1 aromatic heterocycles. The second-order valence-corrected chi connectivity index (χ2v) is 5.73. The minimum atomic E-state index is -4.07. The quantitative estimate of drug-likeness (QED) is 0.731. The lowest BCUT2D eigenvalue weighted by Crippen LogP contribution is -2.15. The van der Waals surface area contributed by atoms with Crippen LogP contribution < -0.4 is 10.5 Å². The number of anilines is 2. The van der Waals surface area contributed by atoms with Crippen molar-refractivity contribution in [2.24, 2.45) is 0 Å². The van der Waals surface area contributed by atoms with Gasteiger partial charge in [-0.15, -0.1) is 0 Å². The maximum Gasteiger partial charge on any atom is 0.335 e. The molecule has 1 aromatic carbocycles. The van der Waals surface area contributed by atoms with Gasteiger partial charge in [-0.05, 0) is 24.3 Å². The number of carboxylic acid groups (broad SMARTS) is 1. The molecule has 0 aliphatic heterocycles. The van der Waals surface area contributed by atoms with Gasteiger partial charge in [-0.25, -0.2) is 17.6 Å². The van der Waals surface area contributed by atoms with Crippen LogP contribution in [-0.2, 0) is 10.0 Å². The summed E-state index contributed by atoms with van der Waals surface area (Å²) in [6, 6.07) is 4.32. The van der Waals surface area contributed by atoms with Crippen molar-refractivity contribution in [3.63, 3.8) is 0 Å². The first-order valence-electron chi connectivity index (χ1n) is 5.56. The molecule has 0 amide bonds. The lowest BCUT2D eigenvalue weighted by molar-refractivity contribution is 0.0697. The van der Waals surface area contributed by atoms with Gasteiger partial charge in [-0.1, -0.05) is 0 Å². The van der Waals surface area contributed by atoms with Crippen molar-refractivity contribution in [1.82, 2.24) is 4.98 Å². The fraction of sp³-hybridized carbons (Fsp3) is 0. The zero-order valence-electron chi connectivity index (χ0n) is 10.4. The molecule has 21 heavy (non-hydrogen) atoms. The van der Waals surface area contributed by atoms with E-state index in [1.165, 1.54) is 12.1 Å². The third-order valence-corrected chi connectivity index (χ3v) is 3.87. The second-order valence-electron chi connectivity index (χ2n) is 4.05. The molecule has 0 fully saturated rings. The van der Waals surface area contributed by atoms with Crippen LogP contribution in [0.25, 0.3) is 0 Å². The third kappa shape index (κ3) is 3.26. The molecule has 1 heterocycles. The van der Waals surface area contributed by atoms with Gasteiger partial charge < -0.3 is 10.8 Å². The van der Waals surface area contributed by atoms with Crippen LogP contribution in [0.3, 0.4) is 0 Å². The zero-order valence-corrected chi connectivity index (χ0v) is 11.3. The molecule has 4 N–H and O–H groups in total. The number of aromatic carboxylic acids is 1. The maximum absolute atomic E-state index is 13.0. The highest BCUT2D eigenvalue weighted by molar-refractivity contribution is 7.92. The van der Waals surface area contributed by atoms with Crippen molar-refractivity contribution in [3.8, 4) is 0 Å². The zero-order chi connectivity index (χ0) is 15.6. The number of carboxylic acids is 1. The topological polar surface area (TPSA) is 122 Å². The summed E-state index contributed by atoms with van der Waals surface area (Å²) in [4.78, 5) is 13.8. The van der Waals surface area contributed by atoms with Crippen molar-refractivity contribution >= 4 is 27.4 Å². The number of halogens is 1. The van der Waals surface area contributed by atoms with Crippen molar-refractivity contribution in [2.45, 2.75) is 4.90 Å².